The predicted octanol–water partition coefficient (Wildman–Crippen LogP) is 3.90. The molecule has 0 amide bonds. The molecule has 4 aromatic rings. The Balaban J connectivity index is 1.48. The Morgan fingerprint density at radius 1 is 1.13 bits per heavy atom. The summed E-state index contributed by atoms with van der Waals surface area (Å²) in [5, 5.41) is 13.8. The number of ether oxygens (including phenoxy) is 1. The van der Waals surface area contributed by atoms with E-state index in [0.717, 1.165) is 29.4 Å². The average molecular weight is 433 g/mol. The Kier molecular flexibility index (Phi) is 4.45. The number of aromatic amines is 1. The normalized spacial score (nSPS) is 19.5. The fourth-order valence-corrected chi connectivity index (χ4v) is 3.70. The zero-order valence-electron chi connectivity index (χ0n) is 15.7. The zero-order chi connectivity index (χ0) is 21.8. The van der Waals surface area contributed by atoms with Crippen molar-refractivity contribution in [3.05, 3.63) is 66.4 Å². The summed E-state index contributed by atoms with van der Waals surface area (Å²) in [6, 6.07) is 9.87. The molecular formula is C20H15F4N5O2. The highest BCUT2D eigenvalue weighted by atomic mass is 19.4. The maximum absolute atomic E-state index is 15.0. The molecule has 1 saturated heterocycles. The van der Waals surface area contributed by atoms with Crippen molar-refractivity contribution in [2.45, 2.75) is 18.8 Å². The Labute approximate surface area is 172 Å². The van der Waals surface area contributed by atoms with Gasteiger partial charge in [-0.3, -0.25) is 0 Å². The van der Waals surface area contributed by atoms with Crippen molar-refractivity contribution in [1.29, 1.82) is 0 Å². The molecule has 1 fully saturated rings. The summed E-state index contributed by atoms with van der Waals surface area (Å²) >= 11 is 0. The van der Waals surface area contributed by atoms with Gasteiger partial charge in [-0.05, 0) is 30.3 Å². The van der Waals surface area contributed by atoms with Crippen LogP contribution in [0.1, 0.15) is 11.6 Å². The molecule has 2 aromatic carbocycles. The summed E-state index contributed by atoms with van der Waals surface area (Å²) in [7, 11) is 0. The number of alkyl halides is 3. The summed E-state index contributed by atoms with van der Waals surface area (Å²) in [6.07, 6.45) is -3.62. The smallest absolute Gasteiger partial charge is 0.351 e. The molecule has 0 radical (unpaired) electrons. The minimum Gasteiger partial charge on any atom is -0.351 e. The Bertz CT molecular complexity index is 1250. The maximum atomic E-state index is 15.0. The molecule has 1 aliphatic heterocycles. The molecule has 0 bridgehead atoms. The topological polar surface area (TPSA) is 79.2 Å². The van der Waals surface area contributed by atoms with E-state index in [-0.39, 0.29) is 28.1 Å². The van der Waals surface area contributed by atoms with Gasteiger partial charge in [0, 0.05) is 23.0 Å². The maximum Gasteiger partial charge on any atom is 0.504 e. The Hall–Kier alpha value is -3.44. The lowest BCUT2D eigenvalue weighted by molar-refractivity contribution is -0.212. The van der Waals surface area contributed by atoms with E-state index in [1.807, 2.05) is 0 Å². The third kappa shape index (κ3) is 3.41. The summed E-state index contributed by atoms with van der Waals surface area (Å²) in [5.74, 6) is -0.644. The van der Waals surface area contributed by atoms with Crippen LogP contribution in [0.15, 0.2) is 55.0 Å². The lowest BCUT2D eigenvalue weighted by Gasteiger charge is -2.28. The SMILES string of the molecule is OC1OC[C@H](c2ccc(-c3ccn(C(F)(F)F)n3)cc2F)N1c1ccc2nc[nH]c2c1. The van der Waals surface area contributed by atoms with Crippen molar-refractivity contribution in [3.8, 4) is 11.3 Å². The van der Waals surface area contributed by atoms with Crippen molar-refractivity contribution in [1.82, 2.24) is 19.7 Å². The average Bonchev–Trinajstić information content (AvgIpc) is 3.46. The number of fused-ring (bicyclic) bond motifs is 1. The highest BCUT2D eigenvalue weighted by molar-refractivity contribution is 5.79. The van der Waals surface area contributed by atoms with Gasteiger partial charge in [-0.2, -0.15) is 9.78 Å². The number of aliphatic hydroxyl groups excluding tert-OH is 1. The van der Waals surface area contributed by atoms with E-state index in [1.165, 1.54) is 17.0 Å². The third-order valence-electron chi connectivity index (χ3n) is 5.18. The number of aromatic nitrogens is 4. The number of rotatable bonds is 3. The number of nitrogens with one attached hydrogen (secondary N) is 1. The van der Waals surface area contributed by atoms with E-state index >= 15 is 4.39 Å². The van der Waals surface area contributed by atoms with Crippen molar-refractivity contribution in [2.24, 2.45) is 0 Å². The largest absolute Gasteiger partial charge is 0.504 e. The molecule has 7 nitrogen and oxygen atoms in total. The van der Waals surface area contributed by atoms with E-state index < -0.39 is 24.6 Å². The fraction of sp³-hybridized carbons (Fsp3) is 0.200. The first-order chi connectivity index (χ1) is 14.8. The van der Waals surface area contributed by atoms with Gasteiger partial charge in [0.1, 0.15) is 5.82 Å². The molecule has 2 atom stereocenters. The van der Waals surface area contributed by atoms with Crippen molar-refractivity contribution < 1.29 is 27.4 Å². The van der Waals surface area contributed by atoms with Gasteiger partial charge in [0.05, 0.1) is 35.7 Å². The predicted molar refractivity (Wildman–Crippen MR) is 102 cm³/mol. The minimum absolute atomic E-state index is 0.00738. The Morgan fingerprint density at radius 3 is 2.71 bits per heavy atom. The number of halogens is 4. The van der Waals surface area contributed by atoms with E-state index in [4.69, 9.17) is 4.74 Å². The second kappa shape index (κ2) is 7.06. The first kappa shape index (κ1) is 19.5. The first-order valence-electron chi connectivity index (χ1n) is 9.25. The Morgan fingerprint density at radius 2 is 1.97 bits per heavy atom. The van der Waals surface area contributed by atoms with Gasteiger partial charge < -0.3 is 19.7 Å². The van der Waals surface area contributed by atoms with Crippen LogP contribution in [-0.2, 0) is 11.0 Å². The van der Waals surface area contributed by atoms with Crippen LogP contribution in [-0.4, -0.2) is 37.9 Å². The third-order valence-corrected chi connectivity index (χ3v) is 5.18. The molecule has 3 heterocycles. The molecule has 2 aromatic heterocycles. The molecule has 160 valence electrons. The van der Waals surface area contributed by atoms with Crippen LogP contribution in [0.4, 0.5) is 23.2 Å². The molecular weight excluding hydrogens is 418 g/mol. The lowest BCUT2D eigenvalue weighted by atomic mass is 10.0. The zero-order valence-corrected chi connectivity index (χ0v) is 15.7. The lowest BCUT2D eigenvalue weighted by Crippen LogP contribution is -2.32. The van der Waals surface area contributed by atoms with E-state index in [9.17, 15) is 18.3 Å². The summed E-state index contributed by atoms with van der Waals surface area (Å²) < 4.78 is 58.5. The van der Waals surface area contributed by atoms with Crippen LogP contribution in [0.3, 0.4) is 0 Å². The minimum atomic E-state index is -4.65. The molecule has 0 spiro atoms. The van der Waals surface area contributed by atoms with Crippen LogP contribution >= 0.6 is 0 Å². The number of anilines is 1. The number of imidazole rings is 1. The first-order valence-corrected chi connectivity index (χ1v) is 9.25. The molecule has 31 heavy (non-hydrogen) atoms. The molecule has 2 N–H and O–H groups in total. The van der Waals surface area contributed by atoms with Crippen molar-refractivity contribution in [2.75, 3.05) is 11.5 Å². The number of hydrogen-bond donors (Lipinski definition) is 2. The van der Waals surface area contributed by atoms with Gasteiger partial charge in [0.2, 0.25) is 6.41 Å². The number of aliphatic hydroxyl groups is 1. The second-order valence-corrected chi connectivity index (χ2v) is 7.04. The van der Waals surface area contributed by atoms with Gasteiger partial charge in [-0.25, -0.2) is 9.37 Å². The fourth-order valence-electron chi connectivity index (χ4n) is 3.70. The number of nitrogens with zero attached hydrogens (tertiary/aromatic N) is 4. The van der Waals surface area contributed by atoms with Crippen molar-refractivity contribution >= 4 is 16.7 Å². The standard InChI is InChI=1S/C20H15F4N5O2/c21-14-7-11(15-5-6-28(27-15)20(22,23)24)1-3-13(14)18-9-31-19(30)29(18)12-2-4-16-17(8-12)26-10-25-16/h1-8,10,18-19,30H,9H2,(H,25,26)/t18-,19?/m1/s1. The summed E-state index contributed by atoms with van der Waals surface area (Å²) in [5.41, 5.74) is 2.51. The second-order valence-electron chi connectivity index (χ2n) is 7.04. The van der Waals surface area contributed by atoms with E-state index in [1.54, 1.807) is 24.5 Å². The van der Waals surface area contributed by atoms with Gasteiger partial charge in [0.25, 0.3) is 0 Å². The van der Waals surface area contributed by atoms with Gasteiger partial charge >= 0.3 is 6.30 Å². The molecule has 0 saturated carbocycles. The van der Waals surface area contributed by atoms with E-state index in [2.05, 4.69) is 15.1 Å². The van der Waals surface area contributed by atoms with Gasteiger partial charge in [-0.1, -0.05) is 12.1 Å². The molecule has 11 heteroatoms. The number of benzene rings is 2. The highest BCUT2D eigenvalue weighted by Gasteiger charge is 2.36. The number of H-pyrrole nitrogens is 1. The molecule has 5 rings (SSSR count). The van der Waals surface area contributed by atoms with Gasteiger partial charge in [-0.15, -0.1) is 13.2 Å². The van der Waals surface area contributed by atoms with Crippen molar-refractivity contribution in [3.63, 3.8) is 0 Å². The quantitative estimate of drug-likeness (QED) is 0.479. The van der Waals surface area contributed by atoms with Crippen LogP contribution < -0.4 is 4.90 Å². The van der Waals surface area contributed by atoms with Crippen LogP contribution in [0.25, 0.3) is 22.3 Å². The number of hydrogen-bond acceptors (Lipinski definition) is 5. The van der Waals surface area contributed by atoms with Crippen LogP contribution in [0.5, 0.6) is 0 Å². The van der Waals surface area contributed by atoms with Crippen LogP contribution in [0, 0.1) is 5.82 Å². The van der Waals surface area contributed by atoms with E-state index in [0.29, 0.717) is 5.69 Å². The molecule has 1 aliphatic rings. The molecule has 0 aliphatic carbocycles. The summed E-state index contributed by atoms with van der Waals surface area (Å²) in [6.45, 7) is 0.0289. The highest BCUT2D eigenvalue weighted by Crippen LogP contribution is 2.37. The van der Waals surface area contributed by atoms with Crippen LogP contribution in [0.2, 0.25) is 0 Å². The molecule has 1 unspecified atom stereocenters. The monoisotopic (exact) mass is 433 g/mol. The summed E-state index contributed by atoms with van der Waals surface area (Å²) in [4.78, 5) is 8.65. The van der Waals surface area contributed by atoms with Gasteiger partial charge in [0.15, 0.2) is 0 Å².